The van der Waals surface area contributed by atoms with Crippen molar-refractivity contribution in [3.63, 3.8) is 0 Å². The Hall–Kier alpha value is -3.39. The summed E-state index contributed by atoms with van der Waals surface area (Å²) in [6, 6.07) is 17.1. The topological polar surface area (TPSA) is 70.4 Å². The van der Waals surface area contributed by atoms with Crippen molar-refractivity contribution in [1.29, 1.82) is 5.26 Å². The standard InChI is InChI=1S/C23H22N2O3/c1-15-6-4-9-19(10-15)20-12-21(26)25(16(2)22(20)23(27)28-3)14-18-8-5-7-17(11-18)13-24/h4-11,20H,12,14H2,1-3H3/t20-/m1/s1. The molecule has 1 amide bonds. The molecule has 2 aromatic carbocycles. The Labute approximate surface area is 164 Å². The Morgan fingerprint density at radius 3 is 2.64 bits per heavy atom. The maximum atomic E-state index is 13.0. The van der Waals surface area contributed by atoms with Gasteiger partial charge in [-0.25, -0.2) is 4.79 Å². The predicted octanol–water partition coefficient (Wildman–Crippen LogP) is 3.83. The van der Waals surface area contributed by atoms with E-state index >= 15 is 0 Å². The fourth-order valence-electron chi connectivity index (χ4n) is 3.67. The monoisotopic (exact) mass is 374 g/mol. The number of aryl methyl sites for hydroxylation is 1. The summed E-state index contributed by atoms with van der Waals surface area (Å²) in [5.41, 5.74) is 4.47. The van der Waals surface area contributed by atoms with Crippen LogP contribution in [0.3, 0.4) is 0 Å². The summed E-state index contributed by atoms with van der Waals surface area (Å²) in [5, 5.41) is 9.10. The summed E-state index contributed by atoms with van der Waals surface area (Å²) in [6.45, 7) is 4.07. The number of benzene rings is 2. The van der Waals surface area contributed by atoms with Crippen LogP contribution in [-0.4, -0.2) is 23.9 Å². The molecule has 0 fully saturated rings. The van der Waals surface area contributed by atoms with E-state index in [-0.39, 0.29) is 18.2 Å². The molecule has 0 aromatic heterocycles. The summed E-state index contributed by atoms with van der Waals surface area (Å²) in [7, 11) is 1.35. The maximum Gasteiger partial charge on any atom is 0.336 e. The molecule has 1 aliphatic heterocycles. The number of allylic oxidation sites excluding steroid dienone is 1. The average molecular weight is 374 g/mol. The molecule has 0 aliphatic carbocycles. The second-order valence-corrected chi connectivity index (χ2v) is 6.95. The van der Waals surface area contributed by atoms with Crippen molar-refractivity contribution in [2.24, 2.45) is 0 Å². The van der Waals surface area contributed by atoms with Gasteiger partial charge in [-0.15, -0.1) is 0 Å². The van der Waals surface area contributed by atoms with Crippen LogP contribution < -0.4 is 0 Å². The molecular weight excluding hydrogens is 352 g/mol. The molecule has 5 heteroatoms. The number of rotatable bonds is 4. The van der Waals surface area contributed by atoms with Crippen LogP contribution in [0.15, 0.2) is 59.8 Å². The Morgan fingerprint density at radius 1 is 1.21 bits per heavy atom. The smallest absolute Gasteiger partial charge is 0.336 e. The first kappa shape index (κ1) is 19.4. The van der Waals surface area contributed by atoms with Crippen LogP contribution in [0.5, 0.6) is 0 Å². The lowest BCUT2D eigenvalue weighted by molar-refractivity contribution is -0.138. The van der Waals surface area contributed by atoms with E-state index in [1.807, 2.05) is 37.3 Å². The van der Waals surface area contributed by atoms with Gasteiger partial charge in [0.25, 0.3) is 0 Å². The number of esters is 1. The molecule has 3 rings (SSSR count). The number of methoxy groups -OCH3 is 1. The van der Waals surface area contributed by atoms with E-state index in [1.54, 1.807) is 30.0 Å². The molecule has 0 saturated heterocycles. The lowest BCUT2D eigenvalue weighted by Crippen LogP contribution is -2.38. The van der Waals surface area contributed by atoms with Crippen LogP contribution in [0, 0.1) is 18.3 Å². The minimum absolute atomic E-state index is 0.0565. The van der Waals surface area contributed by atoms with E-state index in [4.69, 9.17) is 10.00 Å². The normalized spacial score (nSPS) is 16.7. The molecule has 0 radical (unpaired) electrons. The summed E-state index contributed by atoms with van der Waals surface area (Å²) >= 11 is 0. The molecule has 5 nitrogen and oxygen atoms in total. The highest BCUT2D eigenvalue weighted by Crippen LogP contribution is 2.37. The Bertz CT molecular complexity index is 1000. The van der Waals surface area contributed by atoms with Gasteiger partial charge >= 0.3 is 5.97 Å². The molecule has 0 spiro atoms. The minimum Gasteiger partial charge on any atom is -0.466 e. The van der Waals surface area contributed by atoms with Crippen molar-refractivity contribution in [1.82, 2.24) is 4.90 Å². The molecule has 1 atom stereocenters. The first-order valence-electron chi connectivity index (χ1n) is 9.09. The number of carbonyl (C=O) groups excluding carboxylic acids is 2. The van der Waals surface area contributed by atoms with Gasteiger partial charge in [-0.3, -0.25) is 4.79 Å². The highest BCUT2D eigenvalue weighted by molar-refractivity contribution is 5.95. The molecule has 1 aliphatic rings. The van der Waals surface area contributed by atoms with Crippen molar-refractivity contribution < 1.29 is 14.3 Å². The summed E-state index contributed by atoms with van der Waals surface area (Å²) in [5.74, 6) is -0.812. The average Bonchev–Trinajstić information content (AvgIpc) is 2.70. The first-order valence-corrected chi connectivity index (χ1v) is 9.09. The van der Waals surface area contributed by atoms with Crippen LogP contribution >= 0.6 is 0 Å². The highest BCUT2D eigenvalue weighted by atomic mass is 16.5. The quantitative estimate of drug-likeness (QED) is 0.763. The van der Waals surface area contributed by atoms with Crippen molar-refractivity contribution >= 4 is 11.9 Å². The number of nitrogens with zero attached hydrogens (tertiary/aromatic N) is 2. The van der Waals surface area contributed by atoms with Crippen molar-refractivity contribution in [3.8, 4) is 6.07 Å². The van der Waals surface area contributed by atoms with E-state index in [0.29, 0.717) is 23.4 Å². The number of hydrogen-bond acceptors (Lipinski definition) is 4. The molecule has 28 heavy (non-hydrogen) atoms. The molecule has 0 N–H and O–H groups in total. The van der Waals surface area contributed by atoms with Crippen LogP contribution in [-0.2, 0) is 20.9 Å². The lowest BCUT2D eigenvalue weighted by atomic mass is 9.83. The van der Waals surface area contributed by atoms with Crippen molar-refractivity contribution in [2.75, 3.05) is 7.11 Å². The SMILES string of the molecule is COC(=O)C1=C(C)N(Cc2cccc(C#N)c2)C(=O)C[C@@H]1c1cccc(C)c1. The maximum absolute atomic E-state index is 13.0. The number of amides is 1. The van der Waals surface area contributed by atoms with Crippen LogP contribution in [0.25, 0.3) is 0 Å². The zero-order valence-corrected chi connectivity index (χ0v) is 16.2. The second-order valence-electron chi connectivity index (χ2n) is 6.95. The minimum atomic E-state index is -0.424. The molecule has 2 aromatic rings. The van der Waals surface area contributed by atoms with E-state index < -0.39 is 5.97 Å². The fourth-order valence-corrected chi connectivity index (χ4v) is 3.67. The van der Waals surface area contributed by atoms with Gasteiger partial charge < -0.3 is 9.64 Å². The van der Waals surface area contributed by atoms with Gasteiger partial charge in [0.2, 0.25) is 5.91 Å². The van der Waals surface area contributed by atoms with Crippen molar-refractivity contribution in [2.45, 2.75) is 32.7 Å². The van der Waals surface area contributed by atoms with Gasteiger partial charge in [-0.05, 0) is 37.1 Å². The fraction of sp³-hybridized carbons (Fsp3) is 0.261. The zero-order chi connectivity index (χ0) is 20.3. The molecular formula is C23H22N2O3. The summed E-state index contributed by atoms with van der Waals surface area (Å²) < 4.78 is 5.03. The third-order valence-electron chi connectivity index (χ3n) is 5.07. The highest BCUT2D eigenvalue weighted by Gasteiger charge is 2.36. The zero-order valence-electron chi connectivity index (χ0n) is 16.2. The van der Waals surface area contributed by atoms with E-state index in [2.05, 4.69) is 6.07 Å². The Morgan fingerprint density at radius 2 is 1.96 bits per heavy atom. The van der Waals surface area contributed by atoms with E-state index in [9.17, 15) is 9.59 Å². The molecule has 0 saturated carbocycles. The van der Waals surface area contributed by atoms with Crippen LogP contribution in [0.2, 0.25) is 0 Å². The number of carbonyl (C=O) groups is 2. The van der Waals surface area contributed by atoms with Gasteiger partial charge in [-0.2, -0.15) is 5.26 Å². The third-order valence-corrected chi connectivity index (χ3v) is 5.07. The lowest BCUT2D eigenvalue weighted by Gasteiger charge is -2.34. The first-order chi connectivity index (χ1) is 13.4. The van der Waals surface area contributed by atoms with Crippen LogP contribution in [0.1, 0.15) is 41.5 Å². The van der Waals surface area contributed by atoms with Gasteiger partial charge in [0, 0.05) is 18.0 Å². The molecule has 0 unspecified atom stereocenters. The summed E-state index contributed by atoms with van der Waals surface area (Å²) in [4.78, 5) is 27.2. The third kappa shape index (κ3) is 3.81. The number of nitriles is 1. The van der Waals surface area contributed by atoms with Gasteiger partial charge in [0.1, 0.15) is 0 Å². The van der Waals surface area contributed by atoms with E-state index in [0.717, 1.165) is 16.7 Å². The van der Waals surface area contributed by atoms with Gasteiger partial charge in [0.05, 0.1) is 30.9 Å². The largest absolute Gasteiger partial charge is 0.466 e. The predicted molar refractivity (Wildman–Crippen MR) is 105 cm³/mol. The van der Waals surface area contributed by atoms with Gasteiger partial charge in [0.15, 0.2) is 0 Å². The van der Waals surface area contributed by atoms with Crippen LogP contribution in [0.4, 0.5) is 0 Å². The van der Waals surface area contributed by atoms with E-state index in [1.165, 1.54) is 7.11 Å². The number of ether oxygens (including phenoxy) is 1. The molecule has 1 heterocycles. The Balaban J connectivity index is 2.03. The van der Waals surface area contributed by atoms with Crippen molar-refractivity contribution in [3.05, 3.63) is 82.1 Å². The molecule has 142 valence electrons. The number of hydrogen-bond donors (Lipinski definition) is 0. The Kier molecular flexibility index (Phi) is 5.60. The van der Waals surface area contributed by atoms with Gasteiger partial charge in [-0.1, -0.05) is 42.0 Å². The molecule has 0 bridgehead atoms. The summed E-state index contributed by atoms with van der Waals surface area (Å²) in [6.07, 6.45) is 0.198. The second kappa shape index (κ2) is 8.10.